The third kappa shape index (κ3) is 4.59. The minimum Gasteiger partial charge on any atom is -0.462 e. The highest BCUT2D eigenvalue weighted by atomic mass is 16.5. The number of ether oxygens (including phenoxy) is 1. The summed E-state index contributed by atoms with van der Waals surface area (Å²) >= 11 is 0. The van der Waals surface area contributed by atoms with Gasteiger partial charge in [0.15, 0.2) is 11.6 Å². The lowest BCUT2D eigenvalue weighted by molar-refractivity contribution is -0.130. The molecule has 1 aromatic carbocycles. The highest BCUT2D eigenvalue weighted by Gasteiger charge is 2.42. The van der Waals surface area contributed by atoms with Crippen LogP contribution in [0.15, 0.2) is 36.4 Å². The largest absolute Gasteiger partial charge is 0.462 e. The molecule has 0 amide bonds. The van der Waals surface area contributed by atoms with Gasteiger partial charge in [0.1, 0.15) is 6.04 Å². The van der Waals surface area contributed by atoms with Crippen molar-refractivity contribution in [3.63, 3.8) is 0 Å². The Morgan fingerprint density at radius 3 is 2.50 bits per heavy atom. The van der Waals surface area contributed by atoms with Gasteiger partial charge in [-0.2, -0.15) is 0 Å². The van der Waals surface area contributed by atoms with Crippen molar-refractivity contribution in [3.8, 4) is 0 Å². The van der Waals surface area contributed by atoms with Crippen molar-refractivity contribution in [2.24, 2.45) is 5.41 Å². The first-order chi connectivity index (χ1) is 12.3. The first kappa shape index (κ1) is 19.9. The monoisotopic (exact) mass is 357 g/mol. The fourth-order valence-corrected chi connectivity index (χ4v) is 2.91. The Bertz CT molecular complexity index is 703. The van der Waals surface area contributed by atoms with E-state index in [1.807, 2.05) is 13.8 Å². The predicted octanol–water partition coefficient (Wildman–Crippen LogP) is 3.94. The molecule has 1 saturated carbocycles. The van der Waals surface area contributed by atoms with E-state index >= 15 is 0 Å². The number of ketones is 2. The molecule has 2 rings (SSSR count). The van der Waals surface area contributed by atoms with Crippen molar-refractivity contribution >= 4 is 23.2 Å². The number of unbranched alkanes of at least 4 members (excludes halogenated alkanes) is 2. The number of carbonyl (C=O) groups excluding carboxylic acids is 3. The summed E-state index contributed by atoms with van der Waals surface area (Å²) in [4.78, 5) is 36.7. The number of hydrogen-bond acceptors (Lipinski definition) is 5. The highest BCUT2D eigenvalue weighted by molar-refractivity contribution is 6.18. The van der Waals surface area contributed by atoms with Gasteiger partial charge in [0.05, 0.1) is 12.2 Å². The van der Waals surface area contributed by atoms with Gasteiger partial charge in [-0.15, -0.1) is 0 Å². The lowest BCUT2D eigenvalue weighted by Gasteiger charge is -2.34. The van der Waals surface area contributed by atoms with E-state index in [1.54, 1.807) is 24.3 Å². The summed E-state index contributed by atoms with van der Waals surface area (Å²) < 4.78 is 5.21. The maximum Gasteiger partial charge on any atom is 0.338 e. The van der Waals surface area contributed by atoms with Gasteiger partial charge in [-0.1, -0.05) is 40.2 Å². The lowest BCUT2D eigenvalue weighted by Crippen LogP contribution is -2.47. The number of benzene rings is 1. The molecule has 140 valence electrons. The number of rotatable bonds is 7. The zero-order valence-corrected chi connectivity index (χ0v) is 15.8. The summed E-state index contributed by atoms with van der Waals surface area (Å²) in [5.41, 5.74) is 1.00. The summed E-state index contributed by atoms with van der Waals surface area (Å²) in [6.07, 6.45) is 3.23. The SMILES string of the molecule is C=C1C(=O)C(Nc2ccc(C(=O)OCCCCC)cc2)C(=O)CC1(C)C. The lowest BCUT2D eigenvalue weighted by atomic mass is 9.71. The van der Waals surface area contributed by atoms with E-state index in [2.05, 4.69) is 18.8 Å². The molecule has 1 N–H and O–H groups in total. The second-order valence-corrected chi connectivity index (χ2v) is 7.37. The molecule has 0 aliphatic heterocycles. The molecule has 1 unspecified atom stereocenters. The van der Waals surface area contributed by atoms with Crippen LogP contribution in [0.1, 0.15) is 56.8 Å². The Hall–Kier alpha value is -2.43. The molecule has 1 fully saturated rings. The van der Waals surface area contributed by atoms with E-state index in [9.17, 15) is 14.4 Å². The van der Waals surface area contributed by atoms with Gasteiger partial charge in [-0.25, -0.2) is 4.79 Å². The molecule has 0 radical (unpaired) electrons. The van der Waals surface area contributed by atoms with Crippen LogP contribution in [0.5, 0.6) is 0 Å². The smallest absolute Gasteiger partial charge is 0.338 e. The highest BCUT2D eigenvalue weighted by Crippen LogP contribution is 2.36. The molecule has 0 aromatic heterocycles. The molecule has 0 bridgehead atoms. The van der Waals surface area contributed by atoms with Crippen molar-refractivity contribution in [1.29, 1.82) is 0 Å². The third-order valence-corrected chi connectivity index (χ3v) is 4.73. The van der Waals surface area contributed by atoms with Gasteiger partial charge in [0.25, 0.3) is 0 Å². The molecule has 26 heavy (non-hydrogen) atoms. The van der Waals surface area contributed by atoms with Crippen LogP contribution in [-0.4, -0.2) is 30.2 Å². The van der Waals surface area contributed by atoms with Crippen LogP contribution in [0, 0.1) is 5.41 Å². The van der Waals surface area contributed by atoms with Gasteiger partial charge in [0, 0.05) is 12.1 Å². The number of esters is 1. The van der Waals surface area contributed by atoms with E-state index in [-0.39, 0.29) is 24.0 Å². The molecular formula is C21H27NO4. The summed E-state index contributed by atoms with van der Waals surface area (Å²) in [5.74, 6) is -0.787. The minimum absolute atomic E-state index is 0.146. The van der Waals surface area contributed by atoms with Crippen LogP contribution in [0.4, 0.5) is 5.69 Å². The molecule has 1 atom stereocenters. The van der Waals surface area contributed by atoms with Gasteiger partial charge >= 0.3 is 5.97 Å². The Kier molecular flexibility index (Phi) is 6.35. The normalized spacial score (nSPS) is 19.3. The Morgan fingerprint density at radius 1 is 1.23 bits per heavy atom. The summed E-state index contributed by atoms with van der Waals surface area (Å²) in [6.45, 7) is 10.1. The van der Waals surface area contributed by atoms with E-state index in [4.69, 9.17) is 4.74 Å². The van der Waals surface area contributed by atoms with Crippen LogP contribution in [0.25, 0.3) is 0 Å². The van der Waals surface area contributed by atoms with Gasteiger partial charge < -0.3 is 10.1 Å². The predicted molar refractivity (Wildman–Crippen MR) is 101 cm³/mol. The van der Waals surface area contributed by atoms with Crippen molar-refractivity contribution in [3.05, 3.63) is 42.0 Å². The van der Waals surface area contributed by atoms with Gasteiger partial charge in [-0.3, -0.25) is 9.59 Å². The molecular weight excluding hydrogens is 330 g/mol. The third-order valence-electron chi connectivity index (χ3n) is 4.73. The topological polar surface area (TPSA) is 72.5 Å². The van der Waals surface area contributed by atoms with Crippen molar-refractivity contribution in [1.82, 2.24) is 0 Å². The fraction of sp³-hybridized carbons (Fsp3) is 0.476. The zero-order chi connectivity index (χ0) is 19.3. The van der Waals surface area contributed by atoms with E-state index < -0.39 is 11.5 Å². The van der Waals surface area contributed by atoms with Crippen LogP contribution in [0.3, 0.4) is 0 Å². The first-order valence-corrected chi connectivity index (χ1v) is 9.06. The second kappa shape index (κ2) is 8.30. The van der Waals surface area contributed by atoms with E-state index in [1.165, 1.54) is 0 Å². The quantitative estimate of drug-likeness (QED) is 0.346. The summed E-state index contributed by atoms with van der Waals surface area (Å²) in [6, 6.07) is 5.68. The average molecular weight is 357 g/mol. The van der Waals surface area contributed by atoms with E-state index in [0.29, 0.717) is 23.4 Å². The number of anilines is 1. The molecule has 5 nitrogen and oxygen atoms in total. The van der Waals surface area contributed by atoms with Crippen LogP contribution >= 0.6 is 0 Å². The van der Waals surface area contributed by atoms with Crippen LogP contribution in [-0.2, 0) is 14.3 Å². The average Bonchev–Trinajstić information content (AvgIpc) is 2.61. The standard InChI is InChI=1S/C21H27NO4/c1-5-6-7-12-26-20(25)15-8-10-16(11-9-15)22-18-17(23)13-21(3,4)14(2)19(18)24/h8-11,18,22H,2,5-7,12-13H2,1,3-4H3. The van der Waals surface area contributed by atoms with Crippen molar-refractivity contribution in [2.75, 3.05) is 11.9 Å². The minimum atomic E-state index is -0.914. The maximum absolute atomic E-state index is 12.4. The molecule has 1 aromatic rings. The van der Waals surface area contributed by atoms with Crippen LogP contribution < -0.4 is 5.32 Å². The van der Waals surface area contributed by atoms with Crippen molar-refractivity contribution in [2.45, 2.75) is 52.5 Å². The second-order valence-electron chi connectivity index (χ2n) is 7.37. The number of nitrogens with one attached hydrogen (secondary N) is 1. The number of carbonyl (C=O) groups is 3. The summed E-state index contributed by atoms with van der Waals surface area (Å²) in [7, 11) is 0. The number of hydrogen-bond donors (Lipinski definition) is 1. The fourth-order valence-electron chi connectivity index (χ4n) is 2.91. The Morgan fingerprint density at radius 2 is 1.88 bits per heavy atom. The van der Waals surface area contributed by atoms with Gasteiger partial charge in [0.2, 0.25) is 0 Å². The van der Waals surface area contributed by atoms with Crippen molar-refractivity contribution < 1.29 is 19.1 Å². The Labute approximate surface area is 154 Å². The number of Topliss-reactive ketones (excluding diaryl/α,β-unsaturated/α-hetero) is 2. The maximum atomic E-state index is 12.4. The van der Waals surface area contributed by atoms with Crippen LogP contribution in [0.2, 0.25) is 0 Å². The molecule has 0 saturated heterocycles. The molecule has 1 aliphatic carbocycles. The van der Waals surface area contributed by atoms with E-state index in [0.717, 1.165) is 19.3 Å². The Balaban J connectivity index is 1.98. The molecule has 0 heterocycles. The first-order valence-electron chi connectivity index (χ1n) is 9.06. The molecule has 5 heteroatoms. The molecule has 1 aliphatic rings. The summed E-state index contributed by atoms with van der Waals surface area (Å²) in [5, 5.41) is 2.96. The van der Waals surface area contributed by atoms with Gasteiger partial charge in [-0.05, 0) is 41.7 Å². The molecule has 0 spiro atoms. The zero-order valence-electron chi connectivity index (χ0n) is 15.8.